The molecule has 1 aliphatic rings. The summed E-state index contributed by atoms with van der Waals surface area (Å²) in [5, 5.41) is 11.2. The van der Waals surface area contributed by atoms with Crippen LogP contribution in [0.5, 0.6) is 0 Å². The molecule has 0 atom stereocenters. The average Bonchev–Trinajstić information content (AvgIpc) is 2.66. The predicted molar refractivity (Wildman–Crippen MR) is 58.9 cm³/mol. The van der Waals surface area contributed by atoms with Gasteiger partial charge in [-0.3, -0.25) is 4.99 Å². The molecule has 0 bridgehead atoms. The van der Waals surface area contributed by atoms with Crippen LogP contribution in [0.15, 0.2) is 11.3 Å². The van der Waals surface area contributed by atoms with Crippen molar-refractivity contribution in [3.05, 3.63) is 12.2 Å². The van der Waals surface area contributed by atoms with Gasteiger partial charge in [-0.15, -0.1) is 10.2 Å². The van der Waals surface area contributed by atoms with Crippen LogP contribution in [0.4, 0.5) is 0 Å². The summed E-state index contributed by atoms with van der Waals surface area (Å²) in [6, 6.07) is 0. The van der Waals surface area contributed by atoms with Crippen LogP contribution in [0, 0.1) is 0 Å². The van der Waals surface area contributed by atoms with Crippen molar-refractivity contribution < 1.29 is 0 Å². The molecule has 0 radical (unpaired) electrons. The highest BCUT2D eigenvalue weighted by atomic mass is 15.2. The molecule has 1 aliphatic heterocycles. The van der Waals surface area contributed by atoms with E-state index in [0.717, 1.165) is 37.6 Å². The summed E-state index contributed by atoms with van der Waals surface area (Å²) in [5.41, 5.74) is 0. The van der Waals surface area contributed by atoms with Crippen LogP contribution < -0.4 is 5.32 Å². The van der Waals surface area contributed by atoms with Gasteiger partial charge in [0.05, 0.1) is 5.84 Å². The van der Waals surface area contributed by atoms with Gasteiger partial charge in [0.25, 0.3) is 0 Å². The molecule has 5 nitrogen and oxygen atoms in total. The van der Waals surface area contributed by atoms with Gasteiger partial charge in [-0.1, -0.05) is 0 Å². The topological polar surface area (TPSA) is 55.1 Å². The first-order valence-electron chi connectivity index (χ1n) is 5.46. The van der Waals surface area contributed by atoms with Crippen molar-refractivity contribution in [2.45, 2.75) is 25.7 Å². The number of rotatable bonds is 3. The molecular weight excluding hydrogens is 190 g/mol. The maximum absolute atomic E-state index is 4.43. The summed E-state index contributed by atoms with van der Waals surface area (Å²) in [7, 11) is 1.97. The maximum atomic E-state index is 4.43. The van der Waals surface area contributed by atoms with Gasteiger partial charge in [-0.2, -0.15) is 0 Å². The van der Waals surface area contributed by atoms with Gasteiger partial charge >= 0.3 is 0 Å². The lowest BCUT2D eigenvalue weighted by Gasteiger charge is -2.13. The van der Waals surface area contributed by atoms with Crippen LogP contribution >= 0.6 is 0 Å². The number of aromatic nitrogens is 3. The van der Waals surface area contributed by atoms with Crippen LogP contribution in [-0.4, -0.2) is 33.7 Å². The van der Waals surface area contributed by atoms with E-state index in [-0.39, 0.29) is 0 Å². The van der Waals surface area contributed by atoms with Gasteiger partial charge < -0.3 is 9.88 Å². The molecule has 0 amide bonds. The Bertz CT molecular complexity index is 341. The van der Waals surface area contributed by atoms with E-state index in [1.54, 1.807) is 6.33 Å². The Balaban J connectivity index is 1.75. The molecule has 0 aromatic carbocycles. The molecule has 0 unspecified atom stereocenters. The number of hydrogen-bond donors (Lipinski definition) is 1. The third kappa shape index (κ3) is 2.78. The second-order valence-electron chi connectivity index (χ2n) is 3.82. The molecule has 1 N–H and O–H groups in total. The Labute approximate surface area is 89.6 Å². The highest BCUT2D eigenvalue weighted by Gasteiger charge is 2.05. The number of nitrogens with zero attached hydrogens (tertiary/aromatic N) is 4. The monoisotopic (exact) mass is 207 g/mol. The zero-order valence-corrected chi connectivity index (χ0v) is 9.11. The summed E-state index contributed by atoms with van der Waals surface area (Å²) in [4.78, 5) is 4.43. The van der Waals surface area contributed by atoms with Crippen LogP contribution in [-0.2, 0) is 13.5 Å². The SMILES string of the molecule is Cn1cnnc1CCNC1=NCCCC1. The lowest BCUT2D eigenvalue weighted by atomic mass is 10.2. The molecule has 0 spiro atoms. The lowest BCUT2D eigenvalue weighted by molar-refractivity contribution is 0.691. The molecule has 15 heavy (non-hydrogen) atoms. The third-order valence-corrected chi connectivity index (χ3v) is 2.61. The zero-order chi connectivity index (χ0) is 10.5. The minimum Gasteiger partial charge on any atom is -0.373 e. The van der Waals surface area contributed by atoms with E-state index >= 15 is 0 Å². The second kappa shape index (κ2) is 4.91. The second-order valence-corrected chi connectivity index (χ2v) is 3.82. The van der Waals surface area contributed by atoms with Crippen molar-refractivity contribution >= 4 is 5.84 Å². The Hall–Kier alpha value is -1.39. The van der Waals surface area contributed by atoms with E-state index < -0.39 is 0 Å². The van der Waals surface area contributed by atoms with Crippen molar-refractivity contribution in [2.24, 2.45) is 12.0 Å². The van der Waals surface area contributed by atoms with E-state index in [0.29, 0.717) is 0 Å². The fraction of sp³-hybridized carbons (Fsp3) is 0.700. The third-order valence-electron chi connectivity index (χ3n) is 2.61. The van der Waals surface area contributed by atoms with Gasteiger partial charge in [0.2, 0.25) is 0 Å². The largest absolute Gasteiger partial charge is 0.373 e. The summed E-state index contributed by atoms with van der Waals surface area (Å²) in [5.74, 6) is 2.17. The number of hydrogen-bond acceptors (Lipinski definition) is 4. The van der Waals surface area contributed by atoms with Gasteiger partial charge in [-0.25, -0.2) is 0 Å². The molecule has 1 aromatic heterocycles. The maximum Gasteiger partial charge on any atom is 0.134 e. The molecule has 1 aromatic rings. The molecule has 2 rings (SSSR count). The lowest BCUT2D eigenvalue weighted by Crippen LogP contribution is -2.28. The van der Waals surface area contributed by atoms with Crippen LogP contribution in [0.3, 0.4) is 0 Å². The first-order valence-corrected chi connectivity index (χ1v) is 5.46. The quantitative estimate of drug-likeness (QED) is 0.786. The molecule has 0 saturated heterocycles. The Morgan fingerprint density at radius 2 is 2.40 bits per heavy atom. The first kappa shape index (κ1) is 10.1. The molecule has 0 saturated carbocycles. The van der Waals surface area contributed by atoms with Gasteiger partial charge in [0.1, 0.15) is 12.2 Å². The molecule has 0 aliphatic carbocycles. The van der Waals surface area contributed by atoms with Gasteiger partial charge in [-0.05, 0) is 12.8 Å². The van der Waals surface area contributed by atoms with Gasteiger partial charge in [0.15, 0.2) is 0 Å². The van der Waals surface area contributed by atoms with E-state index in [2.05, 4.69) is 20.5 Å². The predicted octanol–water partition coefficient (Wildman–Crippen LogP) is 0.530. The number of aryl methyl sites for hydroxylation is 1. The summed E-state index contributed by atoms with van der Waals surface area (Å²) in [6.07, 6.45) is 6.21. The van der Waals surface area contributed by atoms with Crippen molar-refractivity contribution in [3.63, 3.8) is 0 Å². The fourth-order valence-corrected chi connectivity index (χ4v) is 1.69. The average molecular weight is 207 g/mol. The Morgan fingerprint density at radius 1 is 1.47 bits per heavy atom. The number of amidine groups is 1. The van der Waals surface area contributed by atoms with Crippen molar-refractivity contribution in [3.8, 4) is 0 Å². The molecule has 82 valence electrons. The van der Waals surface area contributed by atoms with Crippen molar-refractivity contribution in [1.82, 2.24) is 20.1 Å². The molecular formula is C10H17N5. The highest BCUT2D eigenvalue weighted by Crippen LogP contribution is 2.03. The minimum absolute atomic E-state index is 0.894. The Kier molecular flexibility index (Phi) is 3.32. The van der Waals surface area contributed by atoms with E-state index in [1.807, 2.05) is 11.6 Å². The Morgan fingerprint density at radius 3 is 3.07 bits per heavy atom. The van der Waals surface area contributed by atoms with E-state index in [4.69, 9.17) is 0 Å². The standard InChI is InChI=1S/C10H17N5/c1-15-8-13-14-10(15)5-7-12-9-4-2-3-6-11-9/h8H,2-7H2,1H3,(H,11,12). The first-order chi connectivity index (χ1) is 7.36. The van der Waals surface area contributed by atoms with Crippen LogP contribution in [0.25, 0.3) is 0 Å². The zero-order valence-electron chi connectivity index (χ0n) is 9.11. The number of aliphatic imine (C=N–C) groups is 1. The van der Waals surface area contributed by atoms with Crippen LogP contribution in [0.1, 0.15) is 25.1 Å². The van der Waals surface area contributed by atoms with E-state index in [9.17, 15) is 0 Å². The molecule has 0 fully saturated rings. The highest BCUT2D eigenvalue weighted by molar-refractivity contribution is 5.82. The van der Waals surface area contributed by atoms with Crippen molar-refractivity contribution in [1.29, 1.82) is 0 Å². The summed E-state index contributed by atoms with van der Waals surface area (Å²) >= 11 is 0. The normalized spacial score (nSPS) is 16.2. The van der Waals surface area contributed by atoms with Crippen molar-refractivity contribution in [2.75, 3.05) is 13.1 Å². The van der Waals surface area contributed by atoms with Crippen LogP contribution in [0.2, 0.25) is 0 Å². The van der Waals surface area contributed by atoms with Gasteiger partial charge in [0, 0.05) is 33.0 Å². The molecule has 2 heterocycles. The fourth-order valence-electron chi connectivity index (χ4n) is 1.69. The summed E-state index contributed by atoms with van der Waals surface area (Å²) < 4.78 is 1.95. The minimum atomic E-state index is 0.894. The summed E-state index contributed by atoms with van der Waals surface area (Å²) in [6.45, 7) is 1.87. The van der Waals surface area contributed by atoms with E-state index in [1.165, 1.54) is 12.8 Å². The molecule has 5 heteroatoms. The smallest absolute Gasteiger partial charge is 0.134 e. The number of nitrogens with one attached hydrogen (secondary N) is 1.